The number of fused-ring (bicyclic) bond motifs is 1. The van der Waals surface area contributed by atoms with Crippen LogP contribution in [0.3, 0.4) is 0 Å². The summed E-state index contributed by atoms with van der Waals surface area (Å²) < 4.78 is 6.18. The number of benzene rings is 2. The van der Waals surface area contributed by atoms with E-state index in [1.54, 1.807) is 0 Å². The lowest BCUT2D eigenvalue weighted by atomic mass is 9.72. The Morgan fingerprint density at radius 3 is 2.31 bits per heavy atom. The number of hydrogen-bond donors (Lipinski definition) is 1. The van der Waals surface area contributed by atoms with Crippen LogP contribution >= 0.6 is 0 Å². The molecule has 3 nitrogen and oxygen atoms in total. The first kappa shape index (κ1) is 15.4. The molecule has 2 N–H and O–H groups in total. The molecule has 0 unspecified atom stereocenters. The molecule has 0 atom stereocenters. The molecule has 1 aliphatic rings. The van der Waals surface area contributed by atoms with Crippen LogP contribution < -0.4 is 5.73 Å². The van der Waals surface area contributed by atoms with E-state index in [1.165, 1.54) is 12.0 Å². The van der Waals surface area contributed by atoms with Crippen molar-refractivity contribution in [1.29, 1.82) is 0 Å². The number of nitrogens with zero attached hydrogens (tertiary/aromatic N) is 1. The molecule has 0 radical (unpaired) electrons. The lowest BCUT2D eigenvalue weighted by Gasteiger charge is -2.38. The molecule has 0 spiro atoms. The van der Waals surface area contributed by atoms with Crippen LogP contribution in [0.4, 0.5) is 0 Å². The monoisotopic (exact) mass is 340 g/mol. The molecule has 0 aliphatic heterocycles. The fourth-order valence-corrected chi connectivity index (χ4v) is 3.80. The van der Waals surface area contributed by atoms with Crippen molar-refractivity contribution in [2.45, 2.75) is 24.8 Å². The maximum Gasteiger partial charge on any atom is 0.153 e. The molecule has 0 bridgehead atoms. The number of pyridine rings is 1. The topological polar surface area (TPSA) is 52.0 Å². The Morgan fingerprint density at radius 2 is 1.62 bits per heavy atom. The number of rotatable bonds is 3. The second-order valence-corrected chi connectivity index (χ2v) is 7.11. The van der Waals surface area contributed by atoms with E-state index in [0.717, 1.165) is 46.4 Å². The van der Waals surface area contributed by atoms with E-state index in [2.05, 4.69) is 41.4 Å². The highest BCUT2D eigenvalue weighted by Crippen LogP contribution is 2.42. The van der Waals surface area contributed by atoms with Crippen LogP contribution in [0, 0.1) is 0 Å². The van der Waals surface area contributed by atoms with Gasteiger partial charge in [0.05, 0.1) is 5.56 Å². The molecule has 3 heteroatoms. The Hall–Kier alpha value is -2.91. The summed E-state index contributed by atoms with van der Waals surface area (Å²) in [5, 5.41) is 0. The summed E-state index contributed by atoms with van der Waals surface area (Å²) in [5.74, 6) is 0.859. The Kier molecular flexibility index (Phi) is 3.44. The maximum absolute atomic E-state index is 6.47. The van der Waals surface area contributed by atoms with Crippen molar-refractivity contribution in [3.8, 4) is 22.5 Å². The van der Waals surface area contributed by atoms with Crippen LogP contribution in [-0.4, -0.2) is 4.98 Å². The van der Waals surface area contributed by atoms with Crippen molar-refractivity contribution in [3.05, 3.63) is 78.5 Å². The summed E-state index contributed by atoms with van der Waals surface area (Å²) in [6.45, 7) is 0. The van der Waals surface area contributed by atoms with E-state index in [-0.39, 0.29) is 5.54 Å². The molecule has 1 aliphatic carbocycles. The second kappa shape index (κ2) is 5.82. The molecule has 4 aromatic rings. The van der Waals surface area contributed by atoms with Crippen LogP contribution in [0.15, 0.2) is 77.3 Å². The summed E-state index contributed by atoms with van der Waals surface area (Å²) in [5.41, 5.74) is 12.4. The van der Waals surface area contributed by atoms with Gasteiger partial charge in [-0.15, -0.1) is 0 Å². The van der Waals surface area contributed by atoms with Crippen LogP contribution in [0.1, 0.15) is 24.8 Å². The van der Waals surface area contributed by atoms with Crippen molar-refractivity contribution in [1.82, 2.24) is 4.98 Å². The number of aromatic nitrogens is 1. The third-order valence-electron chi connectivity index (χ3n) is 5.48. The van der Waals surface area contributed by atoms with Gasteiger partial charge in [0, 0.05) is 17.3 Å². The predicted octanol–water partition coefficient (Wildman–Crippen LogP) is 5.50. The Morgan fingerprint density at radius 1 is 0.846 bits per heavy atom. The second-order valence-electron chi connectivity index (χ2n) is 7.11. The molecular formula is C23H20N2O. The molecule has 128 valence electrons. The minimum atomic E-state index is -0.141. The lowest BCUT2D eigenvalue weighted by molar-refractivity contribution is 0.253. The number of hydrogen-bond acceptors (Lipinski definition) is 3. The van der Waals surface area contributed by atoms with Crippen LogP contribution in [-0.2, 0) is 5.54 Å². The summed E-state index contributed by atoms with van der Waals surface area (Å²) in [4.78, 5) is 4.58. The largest absolute Gasteiger partial charge is 0.454 e. The Labute approximate surface area is 152 Å². The van der Waals surface area contributed by atoms with Gasteiger partial charge in [0.15, 0.2) is 5.58 Å². The fraction of sp³-hybridized carbons (Fsp3) is 0.174. The SMILES string of the molecule is NC1(c2ccc(-c3c(-c4ccccc4)oc4cccnc34)cc2)CCC1. The van der Waals surface area contributed by atoms with Gasteiger partial charge in [-0.1, -0.05) is 54.6 Å². The Balaban J connectivity index is 1.68. The fourth-order valence-electron chi connectivity index (χ4n) is 3.80. The van der Waals surface area contributed by atoms with E-state index in [0.29, 0.717) is 0 Å². The van der Waals surface area contributed by atoms with Gasteiger partial charge < -0.3 is 10.2 Å². The zero-order valence-electron chi connectivity index (χ0n) is 14.5. The molecule has 1 saturated carbocycles. The third kappa shape index (κ3) is 2.36. The molecule has 26 heavy (non-hydrogen) atoms. The van der Waals surface area contributed by atoms with Gasteiger partial charge in [-0.2, -0.15) is 0 Å². The predicted molar refractivity (Wildman–Crippen MR) is 105 cm³/mol. The van der Waals surface area contributed by atoms with Gasteiger partial charge >= 0.3 is 0 Å². The lowest BCUT2D eigenvalue weighted by Crippen LogP contribution is -2.43. The zero-order chi connectivity index (χ0) is 17.6. The Bertz CT molecular complexity index is 1060. The average Bonchev–Trinajstić information content (AvgIpc) is 3.06. The molecule has 0 saturated heterocycles. The summed E-state index contributed by atoms with van der Waals surface area (Å²) in [6, 6.07) is 22.7. The van der Waals surface area contributed by atoms with E-state index in [9.17, 15) is 0 Å². The van der Waals surface area contributed by atoms with Gasteiger partial charge in [-0.3, -0.25) is 4.98 Å². The van der Waals surface area contributed by atoms with E-state index in [4.69, 9.17) is 10.2 Å². The number of furan rings is 1. The molecule has 2 aromatic carbocycles. The highest BCUT2D eigenvalue weighted by Gasteiger charge is 2.34. The van der Waals surface area contributed by atoms with Gasteiger partial charge in [0.25, 0.3) is 0 Å². The first-order valence-electron chi connectivity index (χ1n) is 9.07. The highest BCUT2D eigenvalue weighted by molar-refractivity contribution is 5.99. The van der Waals surface area contributed by atoms with Crippen molar-refractivity contribution in [2.75, 3.05) is 0 Å². The molecule has 1 fully saturated rings. The van der Waals surface area contributed by atoms with Gasteiger partial charge in [-0.05, 0) is 42.5 Å². The highest BCUT2D eigenvalue weighted by atomic mass is 16.3. The molecule has 0 amide bonds. The van der Waals surface area contributed by atoms with Crippen molar-refractivity contribution in [2.24, 2.45) is 5.73 Å². The van der Waals surface area contributed by atoms with Crippen LogP contribution in [0.2, 0.25) is 0 Å². The quantitative estimate of drug-likeness (QED) is 0.536. The first-order valence-corrected chi connectivity index (χ1v) is 9.07. The smallest absolute Gasteiger partial charge is 0.153 e. The first-order chi connectivity index (χ1) is 12.7. The van der Waals surface area contributed by atoms with Gasteiger partial charge in [0.1, 0.15) is 11.3 Å². The zero-order valence-corrected chi connectivity index (χ0v) is 14.5. The van der Waals surface area contributed by atoms with Crippen molar-refractivity contribution >= 4 is 11.1 Å². The molecule has 2 heterocycles. The molecule has 2 aromatic heterocycles. The number of nitrogens with two attached hydrogens (primary N) is 1. The van der Waals surface area contributed by atoms with Gasteiger partial charge in [-0.25, -0.2) is 0 Å². The summed E-state index contributed by atoms with van der Waals surface area (Å²) in [7, 11) is 0. The van der Waals surface area contributed by atoms with Gasteiger partial charge in [0.2, 0.25) is 0 Å². The summed E-state index contributed by atoms with van der Waals surface area (Å²) in [6.07, 6.45) is 5.16. The maximum atomic E-state index is 6.47. The minimum Gasteiger partial charge on any atom is -0.454 e. The standard InChI is InChI=1S/C23H20N2O/c24-23(13-5-14-23)18-11-9-16(10-12-18)20-21-19(8-4-15-25-21)26-22(20)17-6-2-1-3-7-17/h1-4,6-12,15H,5,13-14,24H2. The third-order valence-corrected chi connectivity index (χ3v) is 5.48. The molecular weight excluding hydrogens is 320 g/mol. The average molecular weight is 340 g/mol. The van der Waals surface area contributed by atoms with Crippen LogP contribution in [0.25, 0.3) is 33.6 Å². The van der Waals surface area contributed by atoms with E-state index >= 15 is 0 Å². The van der Waals surface area contributed by atoms with Crippen LogP contribution in [0.5, 0.6) is 0 Å². The normalized spacial score (nSPS) is 15.7. The van der Waals surface area contributed by atoms with E-state index < -0.39 is 0 Å². The van der Waals surface area contributed by atoms with Crippen molar-refractivity contribution < 1.29 is 4.42 Å². The molecule has 5 rings (SSSR count). The summed E-state index contributed by atoms with van der Waals surface area (Å²) >= 11 is 0. The van der Waals surface area contributed by atoms with E-state index in [1.807, 2.05) is 36.5 Å². The van der Waals surface area contributed by atoms with Crippen molar-refractivity contribution in [3.63, 3.8) is 0 Å². The minimum absolute atomic E-state index is 0.141.